The third kappa shape index (κ3) is 11.0. The lowest BCUT2D eigenvalue weighted by Gasteiger charge is -2.48. The number of carboxylic acid groups (broad SMARTS) is 2. The summed E-state index contributed by atoms with van der Waals surface area (Å²) in [5.74, 6) is -8.14. The van der Waals surface area contributed by atoms with Crippen LogP contribution in [0.15, 0.2) is 54.6 Å². The molecule has 2 fully saturated rings. The van der Waals surface area contributed by atoms with Gasteiger partial charge in [0.05, 0.1) is 31.2 Å². The Bertz CT molecular complexity index is 1660. The Morgan fingerprint density at radius 3 is 2.23 bits per heavy atom. The Hall–Kier alpha value is -5.43. The molecule has 0 aromatic heterocycles. The van der Waals surface area contributed by atoms with Crippen LogP contribution in [0.1, 0.15) is 55.8 Å². The van der Waals surface area contributed by atoms with Crippen LogP contribution in [-0.4, -0.2) is 117 Å². The molecular formula is C35H43N5O13. The summed E-state index contributed by atoms with van der Waals surface area (Å²) in [5.41, 5.74) is 2.04. The van der Waals surface area contributed by atoms with Gasteiger partial charge in [-0.2, -0.15) is 0 Å². The highest BCUT2D eigenvalue weighted by molar-refractivity contribution is 6.05. The van der Waals surface area contributed by atoms with Crippen LogP contribution in [0.5, 0.6) is 0 Å². The normalized spacial score (nSPS) is 23.5. The summed E-state index contributed by atoms with van der Waals surface area (Å²) in [4.78, 5) is 85.8. The summed E-state index contributed by atoms with van der Waals surface area (Å²) >= 11 is 0. The predicted molar refractivity (Wildman–Crippen MR) is 183 cm³/mol. The standard InChI is InChI=1S/C35H43N5O13/c1-19(41)37-28-24(38-26(43)16-23-32(48)40-34(51)39-23)17-35(33(49)50,52-15-7-3-6-10-27(44)45)53-30(28)29(46)25(42)18-36-31(47)22-13-11-21(12-14-22)20-8-4-2-5-9-20/h2,4-5,8-9,11-14,23-25,28-30,42,46H,3,6-7,10,15-18H2,1H3,(H,36,47)(H,37,41)(H,38,43)(H,44,45)(H,49,50)(H2,39,40,48,51)/t23?,24-,25+,28+,29+,30+,35+/m0/s1. The lowest BCUT2D eigenvalue weighted by Crippen LogP contribution is -2.71. The number of unbranched alkanes of at least 4 members (excludes halogenated alkanes) is 2. The van der Waals surface area contributed by atoms with E-state index in [1.54, 1.807) is 24.3 Å². The zero-order valence-corrected chi connectivity index (χ0v) is 28.8. The summed E-state index contributed by atoms with van der Waals surface area (Å²) in [6, 6.07) is 11.3. The quantitative estimate of drug-likeness (QED) is 0.0697. The summed E-state index contributed by atoms with van der Waals surface area (Å²) in [6.45, 7) is 0.314. The molecule has 6 amide bonds. The third-order valence-corrected chi connectivity index (χ3v) is 8.72. The Labute approximate surface area is 303 Å². The fraction of sp³-hybridized carbons (Fsp3) is 0.457. The van der Waals surface area contributed by atoms with Gasteiger partial charge in [-0.15, -0.1) is 0 Å². The van der Waals surface area contributed by atoms with Crippen LogP contribution in [-0.2, 0) is 33.4 Å². The van der Waals surface area contributed by atoms with Gasteiger partial charge in [0.15, 0.2) is 0 Å². The van der Waals surface area contributed by atoms with Crippen LogP contribution in [0, 0.1) is 0 Å². The van der Waals surface area contributed by atoms with Crippen molar-refractivity contribution in [1.82, 2.24) is 26.6 Å². The Balaban J connectivity index is 1.53. The zero-order valence-electron chi connectivity index (χ0n) is 28.8. The van der Waals surface area contributed by atoms with E-state index in [0.29, 0.717) is 6.42 Å². The number of nitrogens with one attached hydrogen (secondary N) is 5. The second-order valence-electron chi connectivity index (χ2n) is 12.7. The van der Waals surface area contributed by atoms with Crippen molar-refractivity contribution < 1.29 is 63.5 Å². The van der Waals surface area contributed by atoms with E-state index < -0.39 is 103 Å². The SMILES string of the molecule is CC(=O)N[C@H]1[C@H]([C@H](O)[C@H](O)CNC(=O)c2ccc(-c3ccccc3)cc2)O[C@@](OCCCCCC(=O)O)(C(=O)O)C[C@@H]1NC(=O)CC1NC(=O)NC1=O. The Kier molecular flexibility index (Phi) is 14.0. The number of carbonyl (C=O) groups is 7. The van der Waals surface area contributed by atoms with Crippen LogP contribution in [0.3, 0.4) is 0 Å². The van der Waals surface area contributed by atoms with E-state index in [2.05, 4.69) is 21.3 Å². The predicted octanol–water partition coefficient (Wildman–Crippen LogP) is -0.376. The van der Waals surface area contributed by atoms with Crippen LogP contribution in [0.4, 0.5) is 4.79 Å². The molecule has 0 saturated carbocycles. The van der Waals surface area contributed by atoms with Gasteiger partial charge in [0.1, 0.15) is 18.2 Å². The van der Waals surface area contributed by atoms with Gasteiger partial charge in [-0.05, 0) is 36.1 Å². The average molecular weight is 742 g/mol. The summed E-state index contributed by atoms with van der Waals surface area (Å²) in [7, 11) is 0. The second-order valence-corrected chi connectivity index (χ2v) is 12.7. The number of rotatable bonds is 18. The van der Waals surface area contributed by atoms with Crippen molar-refractivity contribution in [3.63, 3.8) is 0 Å². The van der Waals surface area contributed by atoms with Crippen LogP contribution >= 0.6 is 0 Å². The second kappa shape index (κ2) is 18.4. The maximum atomic E-state index is 13.2. The topological polar surface area (TPSA) is 279 Å². The molecule has 9 N–H and O–H groups in total. The monoisotopic (exact) mass is 741 g/mol. The van der Waals surface area contributed by atoms with Crippen molar-refractivity contribution in [3.05, 3.63) is 60.2 Å². The van der Waals surface area contributed by atoms with Crippen molar-refractivity contribution in [2.24, 2.45) is 0 Å². The van der Waals surface area contributed by atoms with Gasteiger partial charge in [0.2, 0.25) is 11.8 Å². The largest absolute Gasteiger partial charge is 0.481 e. The van der Waals surface area contributed by atoms with Gasteiger partial charge < -0.3 is 51.2 Å². The first-order valence-corrected chi connectivity index (χ1v) is 16.9. The van der Waals surface area contributed by atoms with Gasteiger partial charge in [0, 0.05) is 31.9 Å². The van der Waals surface area contributed by atoms with E-state index in [4.69, 9.17) is 14.6 Å². The maximum absolute atomic E-state index is 13.2. The molecule has 2 aliphatic rings. The molecule has 286 valence electrons. The molecule has 2 aliphatic heterocycles. The molecule has 53 heavy (non-hydrogen) atoms. The fourth-order valence-electron chi connectivity index (χ4n) is 6.05. The first-order chi connectivity index (χ1) is 25.2. The molecular weight excluding hydrogens is 698 g/mol. The van der Waals surface area contributed by atoms with Crippen LogP contribution in [0.25, 0.3) is 11.1 Å². The molecule has 1 unspecified atom stereocenters. The summed E-state index contributed by atoms with van der Waals surface area (Å²) in [5, 5.41) is 53.6. The van der Waals surface area contributed by atoms with Gasteiger partial charge >= 0.3 is 18.0 Å². The molecule has 0 spiro atoms. The number of carbonyl (C=O) groups excluding carboxylic acids is 5. The first kappa shape index (κ1) is 40.3. The summed E-state index contributed by atoms with van der Waals surface area (Å²) in [6.07, 6.45) is -6.05. The molecule has 2 aromatic rings. The van der Waals surface area contributed by atoms with Gasteiger partial charge in [-0.3, -0.25) is 29.3 Å². The number of amides is 6. The van der Waals surface area contributed by atoms with E-state index in [-0.39, 0.29) is 31.4 Å². The highest BCUT2D eigenvalue weighted by Crippen LogP contribution is 2.34. The number of hydrogen-bond acceptors (Lipinski definition) is 11. The number of ether oxygens (including phenoxy) is 2. The van der Waals surface area contributed by atoms with Crippen LogP contribution < -0.4 is 26.6 Å². The van der Waals surface area contributed by atoms with Gasteiger partial charge in [-0.1, -0.05) is 48.9 Å². The lowest BCUT2D eigenvalue weighted by atomic mass is 9.86. The Morgan fingerprint density at radius 1 is 0.943 bits per heavy atom. The molecule has 18 nitrogen and oxygen atoms in total. The van der Waals surface area contributed by atoms with E-state index >= 15 is 0 Å². The number of aliphatic hydroxyl groups excluding tert-OH is 2. The highest BCUT2D eigenvalue weighted by atomic mass is 16.7. The van der Waals surface area contributed by atoms with Gasteiger partial charge in [-0.25, -0.2) is 9.59 Å². The summed E-state index contributed by atoms with van der Waals surface area (Å²) < 4.78 is 11.6. The minimum atomic E-state index is -2.56. The smallest absolute Gasteiger partial charge is 0.364 e. The maximum Gasteiger partial charge on any atom is 0.364 e. The van der Waals surface area contributed by atoms with Gasteiger partial charge in [0.25, 0.3) is 17.6 Å². The molecule has 2 heterocycles. The lowest BCUT2D eigenvalue weighted by molar-refractivity contribution is -0.300. The molecule has 0 radical (unpaired) electrons. The van der Waals surface area contributed by atoms with Crippen molar-refractivity contribution in [3.8, 4) is 11.1 Å². The molecule has 2 saturated heterocycles. The van der Waals surface area contributed by atoms with Crippen molar-refractivity contribution >= 4 is 41.6 Å². The first-order valence-electron chi connectivity index (χ1n) is 16.9. The van der Waals surface area contributed by atoms with Crippen LogP contribution in [0.2, 0.25) is 0 Å². The highest BCUT2D eigenvalue weighted by Gasteiger charge is 2.56. The minimum Gasteiger partial charge on any atom is -0.481 e. The number of imide groups is 1. The molecule has 4 rings (SSSR count). The van der Waals surface area contributed by atoms with Crippen molar-refractivity contribution in [1.29, 1.82) is 0 Å². The molecule has 0 aliphatic carbocycles. The van der Waals surface area contributed by atoms with E-state index in [1.165, 1.54) is 0 Å². The number of benzene rings is 2. The average Bonchev–Trinajstić information content (AvgIpc) is 3.44. The molecule has 2 aromatic carbocycles. The number of urea groups is 1. The molecule has 18 heteroatoms. The number of carboxylic acids is 2. The third-order valence-electron chi connectivity index (χ3n) is 8.72. The van der Waals surface area contributed by atoms with E-state index in [9.17, 15) is 48.9 Å². The zero-order chi connectivity index (χ0) is 38.7. The van der Waals surface area contributed by atoms with Crippen molar-refractivity contribution in [2.75, 3.05) is 13.2 Å². The number of hydrogen-bond donors (Lipinski definition) is 9. The van der Waals surface area contributed by atoms with E-state index in [1.807, 2.05) is 35.6 Å². The van der Waals surface area contributed by atoms with E-state index in [0.717, 1.165) is 18.1 Å². The van der Waals surface area contributed by atoms with Crippen molar-refractivity contribution in [2.45, 2.75) is 87.7 Å². The number of aliphatic hydroxyl groups is 2. The number of aliphatic carboxylic acids is 2. The fourth-order valence-corrected chi connectivity index (χ4v) is 6.05. The Morgan fingerprint density at radius 2 is 1.62 bits per heavy atom. The molecule has 0 bridgehead atoms. The molecule has 7 atom stereocenters. The minimum absolute atomic E-state index is 0.117.